The molecule has 0 aliphatic heterocycles. The molecule has 0 bridgehead atoms. The average Bonchev–Trinajstić information content (AvgIpc) is 2.34. The first-order valence-electron chi connectivity index (χ1n) is 6.42. The molecule has 1 aromatic heterocycles. The van der Waals surface area contributed by atoms with Crippen LogP contribution in [0.5, 0.6) is 5.75 Å². The van der Waals surface area contributed by atoms with Gasteiger partial charge < -0.3 is 14.8 Å². The van der Waals surface area contributed by atoms with Crippen molar-refractivity contribution in [2.75, 3.05) is 0 Å². The summed E-state index contributed by atoms with van der Waals surface area (Å²) in [6.07, 6.45) is -0.276. The van der Waals surface area contributed by atoms with Crippen molar-refractivity contribution in [3.8, 4) is 5.75 Å². The molecular formula is C15H17NO4. The molecule has 0 radical (unpaired) electrons. The Hall–Kier alpha value is -2.30. The molecule has 5 heteroatoms. The van der Waals surface area contributed by atoms with E-state index in [9.17, 15) is 9.59 Å². The number of carbonyl (C=O) groups is 1. The standard InChI is InChI=1S/C15H17NO4/c1-8(2)20-10-4-5-13-12(6-10)15(19)11(7-14(17)18)9(3)16-13/h4-6,8H,7H2,1-3H3,(H,16,19)(H,17,18). The number of H-pyrrole nitrogens is 1. The normalized spacial score (nSPS) is 11.0. The van der Waals surface area contributed by atoms with Gasteiger partial charge in [0.2, 0.25) is 0 Å². The monoisotopic (exact) mass is 275 g/mol. The van der Waals surface area contributed by atoms with E-state index in [1.54, 1.807) is 25.1 Å². The number of carboxylic acid groups (broad SMARTS) is 1. The predicted octanol–water partition coefficient (Wildman–Crippen LogP) is 2.25. The van der Waals surface area contributed by atoms with Gasteiger partial charge in [0.25, 0.3) is 0 Å². The van der Waals surface area contributed by atoms with E-state index in [-0.39, 0.29) is 23.5 Å². The Morgan fingerprint density at radius 3 is 2.70 bits per heavy atom. The zero-order valence-corrected chi connectivity index (χ0v) is 11.7. The van der Waals surface area contributed by atoms with Crippen molar-refractivity contribution in [1.29, 1.82) is 0 Å². The number of aromatic nitrogens is 1. The lowest BCUT2D eigenvalue weighted by Gasteiger charge is -2.11. The van der Waals surface area contributed by atoms with Crippen molar-refractivity contribution in [2.24, 2.45) is 0 Å². The van der Waals surface area contributed by atoms with Gasteiger partial charge in [-0.3, -0.25) is 9.59 Å². The van der Waals surface area contributed by atoms with Gasteiger partial charge >= 0.3 is 5.97 Å². The second kappa shape index (κ2) is 5.36. The maximum absolute atomic E-state index is 12.4. The minimum Gasteiger partial charge on any atom is -0.491 e. The fourth-order valence-electron chi connectivity index (χ4n) is 2.14. The number of nitrogens with one attached hydrogen (secondary N) is 1. The first kappa shape index (κ1) is 14.1. The lowest BCUT2D eigenvalue weighted by Crippen LogP contribution is -2.17. The number of carboxylic acids is 1. The third-order valence-corrected chi connectivity index (χ3v) is 2.98. The van der Waals surface area contributed by atoms with Crippen molar-refractivity contribution >= 4 is 16.9 Å². The van der Waals surface area contributed by atoms with Gasteiger partial charge in [-0.2, -0.15) is 0 Å². The molecule has 2 rings (SSSR count). The molecular weight excluding hydrogens is 258 g/mol. The molecule has 5 nitrogen and oxygen atoms in total. The topological polar surface area (TPSA) is 79.4 Å². The van der Waals surface area contributed by atoms with E-state index in [1.807, 2.05) is 13.8 Å². The van der Waals surface area contributed by atoms with Crippen LogP contribution in [0.3, 0.4) is 0 Å². The third kappa shape index (κ3) is 2.82. The lowest BCUT2D eigenvalue weighted by molar-refractivity contribution is -0.136. The fraction of sp³-hybridized carbons (Fsp3) is 0.333. The van der Waals surface area contributed by atoms with E-state index >= 15 is 0 Å². The molecule has 0 saturated heterocycles. The number of rotatable bonds is 4. The number of hydrogen-bond acceptors (Lipinski definition) is 3. The molecule has 2 N–H and O–H groups in total. The van der Waals surface area contributed by atoms with E-state index in [1.165, 1.54) is 0 Å². The molecule has 2 aromatic rings. The largest absolute Gasteiger partial charge is 0.491 e. The van der Waals surface area contributed by atoms with E-state index in [2.05, 4.69) is 4.98 Å². The Morgan fingerprint density at radius 2 is 2.10 bits per heavy atom. The molecule has 0 unspecified atom stereocenters. The number of aliphatic carboxylic acids is 1. The second-order valence-corrected chi connectivity index (χ2v) is 5.00. The molecule has 0 aliphatic carbocycles. The number of pyridine rings is 1. The van der Waals surface area contributed by atoms with Gasteiger partial charge in [0.1, 0.15) is 5.75 Å². The van der Waals surface area contributed by atoms with E-state index < -0.39 is 5.97 Å². The van der Waals surface area contributed by atoms with Crippen LogP contribution in [0.25, 0.3) is 10.9 Å². The van der Waals surface area contributed by atoms with Crippen LogP contribution >= 0.6 is 0 Å². The van der Waals surface area contributed by atoms with Gasteiger partial charge in [-0.1, -0.05) is 0 Å². The highest BCUT2D eigenvalue weighted by atomic mass is 16.5. The summed E-state index contributed by atoms with van der Waals surface area (Å²) in [6.45, 7) is 5.51. The SMILES string of the molecule is Cc1[nH]c2ccc(OC(C)C)cc2c(=O)c1CC(=O)O. The molecule has 106 valence electrons. The summed E-state index contributed by atoms with van der Waals surface area (Å²) in [5.41, 5.74) is 1.29. The van der Waals surface area contributed by atoms with E-state index in [4.69, 9.17) is 9.84 Å². The Bertz CT molecular complexity index is 716. The quantitative estimate of drug-likeness (QED) is 0.897. The van der Waals surface area contributed by atoms with Gasteiger partial charge in [-0.05, 0) is 39.0 Å². The van der Waals surface area contributed by atoms with Gasteiger partial charge in [0.15, 0.2) is 5.43 Å². The van der Waals surface area contributed by atoms with Crippen LogP contribution < -0.4 is 10.2 Å². The van der Waals surface area contributed by atoms with Crippen LogP contribution in [0.4, 0.5) is 0 Å². The maximum Gasteiger partial charge on any atom is 0.308 e. The van der Waals surface area contributed by atoms with Crippen molar-refractivity contribution in [3.63, 3.8) is 0 Å². The summed E-state index contributed by atoms with van der Waals surface area (Å²) in [4.78, 5) is 26.3. The van der Waals surface area contributed by atoms with Gasteiger partial charge in [0, 0.05) is 22.2 Å². The lowest BCUT2D eigenvalue weighted by atomic mass is 10.1. The van der Waals surface area contributed by atoms with E-state index in [0.717, 1.165) is 0 Å². The summed E-state index contributed by atoms with van der Waals surface area (Å²) in [6, 6.07) is 5.21. The zero-order valence-electron chi connectivity index (χ0n) is 11.7. The van der Waals surface area contributed by atoms with Gasteiger partial charge in [0.05, 0.1) is 12.5 Å². The molecule has 0 saturated carbocycles. The Balaban J connectivity index is 2.61. The summed E-state index contributed by atoms with van der Waals surface area (Å²) in [5.74, 6) is -0.421. The minimum absolute atomic E-state index is 0.00969. The summed E-state index contributed by atoms with van der Waals surface area (Å²) >= 11 is 0. The molecule has 0 amide bonds. The molecule has 0 spiro atoms. The summed E-state index contributed by atoms with van der Waals surface area (Å²) < 4.78 is 5.56. The number of aromatic amines is 1. The van der Waals surface area contributed by atoms with Gasteiger partial charge in [-0.25, -0.2) is 0 Å². The van der Waals surface area contributed by atoms with Crippen LogP contribution in [-0.2, 0) is 11.2 Å². The minimum atomic E-state index is -1.02. The highest BCUT2D eigenvalue weighted by molar-refractivity contribution is 5.82. The molecule has 20 heavy (non-hydrogen) atoms. The molecule has 0 aliphatic rings. The molecule has 0 atom stereocenters. The van der Waals surface area contributed by atoms with Crippen molar-refractivity contribution in [3.05, 3.63) is 39.7 Å². The smallest absolute Gasteiger partial charge is 0.308 e. The molecule has 0 fully saturated rings. The van der Waals surface area contributed by atoms with Crippen LogP contribution in [0, 0.1) is 6.92 Å². The summed E-state index contributed by atoms with van der Waals surface area (Å²) in [5, 5.41) is 9.33. The molecule has 1 heterocycles. The van der Waals surface area contributed by atoms with Crippen molar-refractivity contribution < 1.29 is 14.6 Å². The highest BCUT2D eigenvalue weighted by Crippen LogP contribution is 2.19. The molecule has 1 aromatic carbocycles. The highest BCUT2D eigenvalue weighted by Gasteiger charge is 2.13. The first-order chi connectivity index (χ1) is 9.38. The van der Waals surface area contributed by atoms with Crippen LogP contribution in [0.2, 0.25) is 0 Å². The van der Waals surface area contributed by atoms with E-state index in [0.29, 0.717) is 22.3 Å². The van der Waals surface area contributed by atoms with Crippen molar-refractivity contribution in [1.82, 2.24) is 4.98 Å². The van der Waals surface area contributed by atoms with Crippen molar-refractivity contribution in [2.45, 2.75) is 33.3 Å². The number of benzene rings is 1. The first-order valence-corrected chi connectivity index (χ1v) is 6.42. The Morgan fingerprint density at radius 1 is 1.40 bits per heavy atom. The van der Waals surface area contributed by atoms with Crippen LogP contribution in [-0.4, -0.2) is 22.2 Å². The maximum atomic E-state index is 12.4. The average molecular weight is 275 g/mol. The Labute approximate surface area is 116 Å². The predicted molar refractivity (Wildman–Crippen MR) is 76.4 cm³/mol. The summed E-state index contributed by atoms with van der Waals surface area (Å²) in [7, 11) is 0. The van der Waals surface area contributed by atoms with Gasteiger partial charge in [-0.15, -0.1) is 0 Å². The number of fused-ring (bicyclic) bond motifs is 1. The number of hydrogen-bond donors (Lipinski definition) is 2. The van der Waals surface area contributed by atoms with Crippen LogP contribution in [0.1, 0.15) is 25.1 Å². The third-order valence-electron chi connectivity index (χ3n) is 2.98. The zero-order chi connectivity index (χ0) is 14.9. The van der Waals surface area contributed by atoms with Crippen LogP contribution in [0.15, 0.2) is 23.0 Å². The second-order valence-electron chi connectivity index (χ2n) is 5.00. The Kier molecular flexibility index (Phi) is 3.79. The number of aryl methyl sites for hydroxylation is 1. The number of ether oxygens (including phenoxy) is 1. The fourth-order valence-corrected chi connectivity index (χ4v) is 2.14.